The van der Waals surface area contributed by atoms with Crippen LogP contribution in [0.2, 0.25) is 0 Å². The molecule has 5 nitrogen and oxygen atoms in total. The molecule has 138 valence electrons. The topological polar surface area (TPSA) is 68.0 Å². The number of carbonyl (C=O) groups is 1. The summed E-state index contributed by atoms with van der Waals surface area (Å²) < 4.78 is 1.62. The van der Waals surface area contributed by atoms with Crippen LogP contribution in [0.15, 0.2) is 72.8 Å². The monoisotopic (exact) mass is 369 g/mol. The molecule has 1 heterocycles. The average molecular weight is 369 g/mol. The normalized spacial score (nSPS) is 11.7. The average Bonchev–Trinajstić information content (AvgIpc) is 3.06. The molecule has 28 heavy (non-hydrogen) atoms. The molecule has 0 aliphatic rings. The van der Waals surface area contributed by atoms with Crippen LogP contribution in [-0.4, -0.2) is 25.8 Å². The standard InChI is InChI=1S/C23H19N3O2/c1-16-24-25-22(14-17-8-3-2-4-9-17)26(16)21(23(27)28)15-19-12-7-11-18-10-5-6-13-20(18)19/h2-13,15H,14H2,1H3,(H,27,28)/b21-15-. The van der Waals surface area contributed by atoms with Crippen LogP contribution >= 0.6 is 0 Å². The maximum Gasteiger partial charge on any atom is 0.352 e. The molecule has 0 unspecified atom stereocenters. The molecular weight excluding hydrogens is 350 g/mol. The number of hydrogen-bond acceptors (Lipinski definition) is 3. The molecule has 0 spiro atoms. The first-order chi connectivity index (χ1) is 13.6. The first kappa shape index (κ1) is 17.7. The molecule has 0 fully saturated rings. The van der Waals surface area contributed by atoms with Gasteiger partial charge < -0.3 is 5.11 Å². The molecular formula is C23H19N3O2. The first-order valence-electron chi connectivity index (χ1n) is 9.01. The van der Waals surface area contributed by atoms with Gasteiger partial charge in [-0.05, 0) is 34.9 Å². The molecule has 0 radical (unpaired) electrons. The third-order valence-corrected chi connectivity index (χ3v) is 4.67. The van der Waals surface area contributed by atoms with E-state index in [9.17, 15) is 9.90 Å². The zero-order valence-corrected chi connectivity index (χ0v) is 15.4. The number of rotatable bonds is 5. The molecule has 4 rings (SSSR count). The van der Waals surface area contributed by atoms with Crippen molar-refractivity contribution >= 4 is 28.5 Å². The molecule has 4 aromatic rings. The van der Waals surface area contributed by atoms with Crippen molar-refractivity contribution in [1.29, 1.82) is 0 Å². The second-order valence-corrected chi connectivity index (χ2v) is 6.56. The van der Waals surface area contributed by atoms with Gasteiger partial charge in [0.1, 0.15) is 17.3 Å². The third-order valence-electron chi connectivity index (χ3n) is 4.67. The van der Waals surface area contributed by atoms with Crippen molar-refractivity contribution in [3.05, 3.63) is 95.6 Å². The molecule has 0 saturated carbocycles. The molecule has 0 atom stereocenters. The van der Waals surface area contributed by atoms with Crippen LogP contribution in [0.5, 0.6) is 0 Å². The summed E-state index contributed by atoms with van der Waals surface area (Å²) in [7, 11) is 0. The summed E-state index contributed by atoms with van der Waals surface area (Å²) in [5.41, 5.74) is 2.02. The van der Waals surface area contributed by atoms with Gasteiger partial charge in [-0.15, -0.1) is 10.2 Å². The zero-order chi connectivity index (χ0) is 19.5. The molecule has 0 bridgehead atoms. The Morgan fingerprint density at radius 3 is 2.46 bits per heavy atom. The summed E-state index contributed by atoms with van der Waals surface area (Å²) in [5.74, 6) is 0.113. The van der Waals surface area contributed by atoms with Crippen molar-refractivity contribution < 1.29 is 9.90 Å². The van der Waals surface area contributed by atoms with E-state index in [0.717, 1.165) is 21.9 Å². The van der Waals surface area contributed by atoms with Gasteiger partial charge in [0.15, 0.2) is 0 Å². The molecule has 5 heteroatoms. The van der Waals surface area contributed by atoms with Crippen LogP contribution in [0.25, 0.3) is 22.5 Å². The van der Waals surface area contributed by atoms with Crippen molar-refractivity contribution in [3.8, 4) is 0 Å². The van der Waals surface area contributed by atoms with Gasteiger partial charge in [0.2, 0.25) is 0 Å². The van der Waals surface area contributed by atoms with Crippen LogP contribution in [0, 0.1) is 6.92 Å². The molecule has 0 aliphatic carbocycles. The van der Waals surface area contributed by atoms with Gasteiger partial charge in [0.25, 0.3) is 0 Å². The van der Waals surface area contributed by atoms with Crippen molar-refractivity contribution in [1.82, 2.24) is 14.8 Å². The van der Waals surface area contributed by atoms with Crippen LogP contribution in [0.1, 0.15) is 22.8 Å². The largest absolute Gasteiger partial charge is 0.477 e. The first-order valence-corrected chi connectivity index (χ1v) is 9.01. The fraction of sp³-hybridized carbons (Fsp3) is 0.0870. The smallest absolute Gasteiger partial charge is 0.352 e. The van der Waals surface area contributed by atoms with E-state index >= 15 is 0 Å². The Balaban J connectivity index is 1.84. The Bertz CT molecular complexity index is 1170. The maximum absolute atomic E-state index is 12.2. The van der Waals surface area contributed by atoms with E-state index < -0.39 is 5.97 Å². The predicted molar refractivity (Wildman–Crippen MR) is 110 cm³/mol. The summed E-state index contributed by atoms with van der Waals surface area (Å²) in [6, 6.07) is 23.6. The fourth-order valence-electron chi connectivity index (χ4n) is 3.36. The molecule has 3 aromatic carbocycles. The molecule has 0 aliphatic heterocycles. The van der Waals surface area contributed by atoms with Crippen LogP contribution in [0.4, 0.5) is 0 Å². The van der Waals surface area contributed by atoms with Crippen LogP contribution < -0.4 is 0 Å². The Morgan fingerprint density at radius 1 is 0.964 bits per heavy atom. The number of nitrogens with zero attached hydrogens (tertiary/aromatic N) is 3. The van der Waals surface area contributed by atoms with Gasteiger partial charge in [-0.25, -0.2) is 4.79 Å². The van der Waals surface area contributed by atoms with E-state index in [1.54, 1.807) is 17.6 Å². The molecule has 0 amide bonds. The van der Waals surface area contributed by atoms with Crippen LogP contribution in [-0.2, 0) is 11.2 Å². The lowest BCUT2D eigenvalue weighted by Crippen LogP contribution is -2.13. The maximum atomic E-state index is 12.2. The minimum absolute atomic E-state index is 0.129. The van der Waals surface area contributed by atoms with Gasteiger partial charge in [-0.1, -0.05) is 72.8 Å². The van der Waals surface area contributed by atoms with E-state index in [1.165, 1.54) is 0 Å². The summed E-state index contributed by atoms with van der Waals surface area (Å²) in [4.78, 5) is 12.2. The Labute approximate surface area is 162 Å². The number of benzene rings is 3. The fourth-order valence-corrected chi connectivity index (χ4v) is 3.36. The van der Waals surface area contributed by atoms with Gasteiger partial charge in [-0.2, -0.15) is 0 Å². The number of carboxylic acids is 1. The molecule has 1 aromatic heterocycles. The van der Waals surface area contributed by atoms with E-state index in [1.807, 2.05) is 72.8 Å². The minimum atomic E-state index is -1.02. The third kappa shape index (κ3) is 3.42. The lowest BCUT2D eigenvalue weighted by molar-refractivity contribution is -0.130. The number of aryl methyl sites for hydroxylation is 1. The number of fused-ring (bicyclic) bond motifs is 1. The SMILES string of the molecule is Cc1nnc(Cc2ccccc2)n1/C(=C\c1cccc2ccccc12)C(=O)O. The predicted octanol–water partition coefficient (Wildman–Crippen LogP) is 4.41. The second kappa shape index (κ2) is 7.48. The van der Waals surface area contributed by atoms with E-state index in [2.05, 4.69) is 10.2 Å². The van der Waals surface area contributed by atoms with E-state index in [-0.39, 0.29) is 5.70 Å². The van der Waals surface area contributed by atoms with Gasteiger partial charge >= 0.3 is 5.97 Å². The number of aliphatic carboxylic acids is 1. The van der Waals surface area contributed by atoms with Gasteiger partial charge in [0, 0.05) is 6.42 Å². The molecule has 0 saturated heterocycles. The summed E-state index contributed by atoms with van der Waals surface area (Å²) in [6.45, 7) is 1.77. The van der Waals surface area contributed by atoms with Crippen molar-refractivity contribution in [2.45, 2.75) is 13.3 Å². The highest BCUT2D eigenvalue weighted by molar-refractivity contribution is 6.16. The lowest BCUT2D eigenvalue weighted by atomic mass is 10.0. The highest BCUT2D eigenvalue weighted by Gasteiger charge is 2.19. The molecule has 1 N–H and O–H groups in total. The number of carboxylic acid groups (broad SMARTS) is 1. The highest BCUT2D eigenvalue weighted by Crippen LogP contribution is 2.24. The quantitative estimate of drug-likeness (QED) is 0.529. The van der Waals surface area contributed by atoms with Crippen molar-refractivity contribution in [3.63, 3.8) is 0 Å². The van der Waals surface area contributed by atoms with Crippen molar-refractivity contribution in [2.75, 3.05) is 0 Å². The minimum Gasteiger partial charge on any atom is -0.477 e. The summed E-state index contributed by atoms with van der Waals surface area (Å²) >= 11 is 0. The van der Waals surface area contributed by atoms with E-state index in [4.69, 9.17) is 0 Å². The van der Waals surface area contributed by atoms with Gasteiger partial charge in [0.05, 0.1) is 0 Å². The highest BCUT2D eigenvalue weighted by atomic mass is 16.4. The van der Waals surface area contributed by atoms with Gasteiger partial charge in [-0.3, -0.25) is 4.57 Å². The summed E-state index contributed by atoms with van der Waals surface area (Å²) in [6.07, 6.45) is 2.19. The Kier molecular flexibility index (Phi) is 4.72. The lowest BCUT2D eigenvalue weighted by Gasteiger charge is -2.11. The second-order valence-electron chi connectivity index (χ2n) is 6.56. The Morgan fingerprint density at radius 2 is 1.68 bits per heavy atom. The number of hydrogen-bond donors (Lipinski definition) is 1. The summed E-state index contributed by atoms with van der Waals surface area (Å²) in [5, 5.41) is 20.4. The van der Waals surface area contributed by atoms with Crippen molar-refractivity contribution in [2.24, 2.45) is 0 Å². The Hall–Kier alpha value is -3.73. The number of aromatic nitrogens is 3. The van der Waals surface area contributed by atoms with Crippen LogP contribution in [0.3, 0.4) is 0 Å². The zero-order valence-electron chi connectivity index (χ0n) is 15.4. The van der Waals surface area contributed by atoms with E-state index in [0.29, 0.717) is 18.1 Å².